The average molecular weight is 482 g/mol. The van der Waals surface area contributed by atoms with E-state index in [1.807, 2.05) is 25.1 Å². The second-order valence-electron chi connectivity index (χ2n) is 8.56. The lowest BCUT2D eigenvalue weighted by molar-refractivity contribution is 0.166. The molecule has 4 rings (SSSR count). The fourth-order valence-electron chi connectivity index (χ4n) is 4.24. The molecule has 0 fully saturated rings. The lowest BCUT2D eigenvalue weighted by Gasteiger charge is -2.14. The van der Waals surface area contributed by atoms with Gasteiger partial charge in [-0.2, -0.15) is 0 Å². The van der Waals surface area contributed by atoms with E-state index in [2.05, 4.69) is 27.2 Å². The molecule has 0 aliphatic carbocycles. The van der Waals surface area contributed by atoms with Crippen LogP contribution in [0, 0.1) is 6.92 Å². The SMILES string of the molecule is CCCc1nc(C)c2c(=O)[nH]c(-c3cc(Cn4nnc(C(C)O)c4C(C)O)ccc3OCC)nn12. The maximum absolute atomic E-state index is 13.0. The van der Waals surface area contributed by atoms with Crippen LogP contribution in [0.1, 0.15) is 74.8 Å². The lowest BCUT2D eigenvalue weighted by atomic mass is 10.1. The van der Waals surface area contributed by atoms with Gasteiger partial charge in [0.2, 0.25) is 0 Å². The highest BCUT2D eigenvalue weighted by molar-refractivity contribution is 5.66. The minimum absolute atomic E-state index is 0.274. The van der Waals surface area contributed by atoms with Crippen LogP contribution >= 0.6 is 0 Å². The summed E-state index contributed by atoms with van der Waals surface area (Å²) in [5, 5.41) is 33.2. The predicted octanol–water partition coefficient (Wildman–Crippen LogP) is 2.49. The van der Waals surface area contributed by atoms with Crippen molar-refractivity contribution in [3.8, 4) is 17.1 Å². The first kappa shape index (κ1) is 24.6. The van der Waals surface area contributed by atoms with Gasteiger partial charge in [-0.1, -0.05) is 18.2 Å². The molecule has 0 radical (unpaired) electrons. The minimum atomic E-state index is -0.862. The summed E-state index contributed by atoms with van der Waals surface area (Å²) in [5.41, 5.74) is 3.02. The summed E-state index contributed by atoms with van der Waals surface area (Å²) in [5.74, 6) is 1.67. The molecule has 3 N–H and O–H groups in total. The highest BCUT2D eigenvalue weighted by atomic mass is 16.5. The van der Waals surface area contributed by atoms with Crippen molar-refractivity contribution in [3.63, 3.8) is 0 Å². The molecule has 2 unspecified atom stereocenters. The number of aromatic nitrogens is 7. The van der Waals surface area contributed by atoms with Crippen molar-refractivity contribution in [2.75, 3.05) is 6.61 Å². The molecule has 11 nitrogen and oxygen atoms in total. The number of rotatable bonds is 9. The highest BCUT2D eigenvalue weighted by Gasteiger charge is 2.22. The number of hydrogen-bond acceptors (Lipinski definition) is 8. The van der Waals surface area contributed by atoms with E-state index in [1.165, 1.54) is 0 Å². The molecule has 0 spiro atoms. The Kier molecular flexibility index (Phi) is 6.99. The van der Waals surface area contributed by atoms with Crippen LogP contribution in [-0.2, 0) is 13.0 Å². The minimum Gasteiger partial charge on any atom is -0.493 e. The number of H-pyrrole nitrogens is 1. The van der Waals surface area contributed by atoms with Crippen LogP contribution in [0.2, 0.25) is 0 Å². The molecule has 0 saturated heterocycles. The van der Waals surface area contributed by atoms with E-state index < -0.39 is 12.2 Å². The van der Waals surface area contributed by atoms with Gasteiger partial charge in [0.15, 0.2) is 11.3 Å². The van der Waals surface area contributed by atoms with Gasteiger partial charge in [0, 0.05) is 6.42 Å². The number of hydrogen-bond donors (Lipinski definition) is 3. The Hall–Kier alpha value is -3.57. The summed E-state index contributed by atoms with van der Waals surface area (Å²) < 4.78 is 9.01. The van der Waals surface area contributed by atoms with Crippen LogP contribution in [0.5, 0.6) is 5.75 Å². The molecular weight excluding hydrogens is 450 g/mol. The zero-order valence-corrected chi connectivity index (χ0v) is 20.6. The number of aliphatic hydroxyl groups excluding tert-OH is 2. The van der Waals surface area contributed by atoms with Gasteiger partial charge in [0.05, 0.1) is 42.3 Å². The van der Waals surface area contributed by atoms with E-state index in [-0.39, 0.29) is 12.1 Å². The van der Waals surface area contributed by atoms with Crippen molar-refractivity contribution in [3.05, 3.63) is 57.0 Å². The van der Waals surface area contributed by atoms with E-state index in [9.17, 15) is 15.0 Å². The third kappa shape index (κ3) is 4.69. The van der Waals surface area contributed by atoms with Gasteiger partial charge in [-0.25, -0.2) is 14.2 Å². The Balaban J connectivity index is 1.83. The third-order valence-electron chi connectivity index (χ3n) is 5.74. The van der Waals surface area contributed by atoms with E-state index in [0.717, 1.165) is 17.8 Å². The Bertz CT molecular complexity index is 1400. The number of aliphatic hydroxyl groups is 2. The summed E-state index contributed by atoms with van der Waals surface area (Å²) in [6, 6.07) is 5.57. The molecule has 0 saturated carbocycles. The third-order valence-corrected chi connectivity index (χ3v) is 5.74. The molecule has 3 heterocycles. The number of fused-ring (bicyclic) bond motifs is 1. The van der Waals surface area contributed by atoms with E-state index in [4.69, 9.17) is 9.84 Å². The number of nitrogens with one attached hydrogen (secondary N) is 1. The van der Waals surface area contributed by atoms with Crippen molar-refractivity contribution in [2.45, 2.75) is 66.2 Å². The monoisotopic (exact) mass is 481 g/mol. The standard InChI is InChI=1S/C24H31N7O4/c1-6-8-19-25-13(3)21-24(34)26-23(28-31(19)21)17-11-16(9-10-18(17)35-7-2)12-30-22(15(5)33)20(14(4)32)27-29-30/h9-11,14-15,32-33H,6-8,12H2,1-5H3,(H,26,28,34). The van der Waals surface area contributed by atoms with Crippen molar-refractivity contribution in [1.82, 2.24) is 34.6 Å². The van der Waals surface area contributed by atoms with Crippen molar-refractivity contribution in [2.24, 2.45) is 0 Å². The fourth-order valence-corrected chi connectivity index (χ4v) is 4.24. The van der Waals surface area contributed by atoms with Crippen LogP contribution in [-0.4, -0.2) is 51.4 Å². The number of benzene rings is 1. The molecule has 3 aromatic heterocycles. The van der Waals surface area contributed by atoms with E-state index >= 15 is 0 Å². The molecular formula is C24H31N7O4. The zero-order chi connectivity index (χ0) is 25.3. The largest absolute Gasteiger partial charge is 0.493 e. The smallest absolute Gasteiger partial charge is 0.277 e. The van der Waals surface area contributed by atoms with Gasteiger partial charge in [0.25, 0.3) is 5.56 Å². The molecule has 2 atom stereocenters. The summed E-state index contributed by atoms with van der Waals surface area (Å²) in [6.45, 7) is 9.66. The Morgan fingerprint density at radius 2 is 1.94 bits per heavy atom. The second kappa shape index (κ2) is 9.96. The predicted molar refractivity (Wildman–Crippen MR) is 129 cm³/mol. The summed E-state index contributed by atoms with van der Waals surface area (Å²) in [4.78, 5) is 20.4. The molecule has 0 aliphatic heterocycles. The molecule has 1 aromatic carbocycles. The maximum Gasteiger partial charge on any atom is 0.277 e. The molecule has 0 bridgehead atoms. The first-order valence-electron chi connectivity index (χ1n) is 11.8. The van der Waals surface area contributed by atoms with Gasteiger partial charge < -0.3 is 19.9 Å². The van der Waals surface area contributed by atoms with Gasteiger partial charge in [-0.15, -0.1) is 10.2 Å². The second-order valence-corrected chi connectivity index (χ2v) is 8.56. The first-order chi connectivity index (χ1) is 16.7. The first-order valence-corrected chi connectivity index (χ1v) is 11.8. The topological polar surface area (TPSA) is 143 Å². The molecule has 35 heavy (non-hydrogen) atoms. The van der Waals surface area contributed by atoms with Crippen molar-refractivity contribution < 1.29 is 14.9 Å². The lowest BCUT2D eigenvalue weighted by Crippen LogP contribution is -2.16. The maximum atomic E-state index is 13.0. The molecule has 186 valence electrons. The summed E-state index contributed by atoms with van der Waals surface area (Å²) in [7, 11) is 0. The normalized spacial score (nSPS) is 13.3. The van der Waals surface area contributed by atoms with Gasteiger partial charge in [0.1, 0.15) is 17.3 Å². The number of aryl methyl sites for hydroxylation is 2. The Labute approximate surface area is 202 Å². The zero-order valence-electron chi connectivity index (χ0n) is 20.6. The van der Waals surface area contributed by atoms with E-state index in [0.29, 0.717) is 52.8 Å². The number of imidazole rings is 1. The summed E-state index contributed by atoms with van der Waals surface area (Å²) >= 11 is 0. The molecule has 0 aliphatic rings. The van der Waals surface area contributed by atoms with Crippen LogP contribution in [0.15, 0.2) is 23.0 Å². The number of nitrogens with zero attached hydrogens (tertiary/aromatic N) is 6. The van der Waals surface area contributed by atoms with Crippen molar-refractivity contribution in [1.29, 1.82) is 0 Å². The van der Waals surface area contributed by atoms with Gasteiger partial charge in [-0.05, 0) is 51.8 Å². The van der Waals surface area contributed by atoms with Gasteiger partial charge in [-0.3, -0.25) is 4.79 Å². The van der Waals surface area contributed by atoms with Crippen LogP contribution in [0.3, 0.4) is 0 Å². The van der Waals surface area contributed by atoms with Crippen molar-refractivity contribution >= 4 is 5.52 Å². The average Bonchev–Trinajstić information content (AvgIpc) is 3.36. The highest BCUT2D eigenvalue weighted by Crippen LogP contribution is 2.30. The molecule has 0 amide bonds. The van der Waals surface area contributed by atoms with Crippen LogP contribution in [0.25, 0.3) is 16.9 Å². The Morgan fingerprint density at radius 1 is 1.17 bits per heavy atom. The Morgan fingerprint density at radius 3 is 2.60 bits per heavy atom. The van der Waals surface area contributed by atoms with Gasteiger partial charge >= 0.3 is 0 Å². The number of ether oxygens (including phenoxy) is 1. The molecule has 4 aromatic rings. The quantitative estimate of drug-likeness (QED) is 0.331. The fraction of sp³-hybridized carbons (Fsp3) is 0.458. The summed E-state index contributed by atoms with van der Waals surface area (Å²) in [6.07, 6.45) is -0.150. The van der Waals surface area contributed by atoms with Crippen LogP contribution in [0.4, 0.5) is 0 Å². The number of aromatic amines is 1. The van der Waals surface area contributed by atoms with Crippen LogP contribution < -0.4 is 10.3 Å². The van der Waals surface area contributed by atoms with E-state index in [1.54, 1.807) is 30.0 Å². The molecule has 11 heteroatoms.